The minimum atomic E-state index is -0.791. The predicted octanol–water partition coefficient (Wildman–Crippen LogP) is 0.768. The number of nitrogens with zero attached hydrogens (tertiary/aromatic N) is 1. The van der Waals surface area contributed by atoms with Crippen molar-refractivity contribution >= 4 is 5.97 Å². The highest BCUT2D eigenvalue weighted by molar-refractivity contribution is 5.81. The van der Waals surface area contributed by atoms with Gasteiger partial charge in [0.1, 0.15) is 5.54 Å². The molecule has 1 aliphatic rings. The van der Waals surface area contributed by atoms with Crippen LogP contribution < -0.4 is 5.73 Å². The summed E-state index contributed by atoms with van der Waals surface area (Å²) in [6.45, 7) is 6.87. The molecule has 0 bridgehead atoms. The molecule has 0 amide bonds. The zero-order chi connectivity index (χ0) is 13.6. The minimum absolute atomic E-state index is 0.254. The Morgan fingerprint density at radius 1 is 1.50 bits per heavy atom. The first-order valence-corrected chi connectivity index (χ1v) is 6.76. The van der Waals surface area contributed by atoms with Gasteiger partial charge in [-0.05, 0) is 32.7 Å². The van der Waals surface area contributed by atoms with Crippen molar-refractivity contribution in [3.8, 4) is 0 Å². The normalized spacial score (nSPS) is 27.7. The number of rotatable bonds is 7. The molecule has 0 radical (unpaired) electrons. The van der Waals surface area contributed by atoms with E-state index in [-0.39, 0.29) is 5.97 Å². The van der Waals surface area contributed by atoms with Gasteiger partial charge in [0.25, 0.3) is 0 Å². The van der Waals surface area contributed by atoms with Crippen LogP contribution in [0.15, 0.2) is 0 Å². The zero-order valence-electron chi connectivity index (χ0n) is 11.8. The Morgan fingerprint density at radius 2 is 2.22 bits per heavy atom. The Morgan fingerprint density at radius 3 is 2.78 bits per heavy atom. The highest BCUT2D eigenvalue weighted by Gasteiger charge is 2.44. The number of esters is 1. The van der Waals surface area contributed by atoms with Gasteiger partial charge in [-0.15, -0.1) is 0 Å². The number of ether oxygens (including phenoxy) is 2. The highest BCUT2D eigenvalue weighted by Crippen LogP contribution is 2.32. The summed E-state index contributed by atoms with van der Waals surface area (Å²) in [4.78, 5) is 14.2. The first kappa shape index (κ1) is 15.4. The molecule has 18 heavy (non-hydrogen) atoms. The number of carbonyl (C=O) groups excluding carboxylic acids is 1. The van der Waals surface area contributed by atoms with Gasteiger partial charge in [0.05, 0.1) is 13.2 Å². The third-order valence-electron chi connectivity index (χ3n) is 3.71. The summed E-state index contributed by atoms with van der Waals surface area (Å²) in [6, 6.07) is 0.361. The number of methoxy groups -OCH3 is 1. The molecule has 1 aliphatic carbocycles. The molecule has 1 rings (SSSR count). The average molecular weight is 258 g/mol. The molecule has 0 spiro atoms. The lowest BCUT2D eigenvalue weighted by atomic mass is 9.99. The first-order chi connectivity index (χ1) is 8.57. The van der Waals surface area contributed by atoms with Gasteiger partial charge in [-0.2, -0.15) is 0 Å². The van der Waals surface area contributed by atoms with Gasteiger partial charge in [0.2, 0.25) is 0 Å². The van der Waals surface area contributed by atoms with Gasteiger partial charge < -0.3 is 15.2 Å². The molecule has 2 atom stereocenters. The number of carbonyl (C=O) groups is 1. The van der Waals surface area contributed by atoms with Crippen LogP contribution in [-0.4, -0.2) is 55.9 Å². The van der Waals surface area contributed by atoms with Crippen LogP contribution in [0.2, 0.25) is 0 Å². The third-order valence-corrected chi connectivity index (χ3v) is 3.71. The second-order valence-electron chi connectivity index (χ2n) is 4.89. The fraction of sp³-hybridized carbons (Fsp3) is 0.923. The van der Waals surface area contributed by atoms with Crippen molar-refractivity contribution in [2.45, 2.75) is 44.7 Å². The maximum Gasteiger partial charge on any atom is 0.326 e. The number of nitrogens with two attached hydrogens (primary N) is 1. The Balaban J connectivity index is 2.55. The van der Waals surface area contributed by atoms with Gasteiger partial charge in [-0.1, -0.05) is 6.92 Å². The fourth-order valence-corrected chi connectivity index (χ4v) is 2.63. The molecule has 0 saturated heterocycles. The Bertz CT molecular complexity index is 273. The van der Waals surface area contributed by atoms with E-state index in [1.807, 2.05) is 6.92 Å². The SMILES string of the molecule is CCOC(=O)C1(N)CCC(N(CC)CCOC)C1. The predicted molar refractivity (Wildman–Crippen MR) is 70.3 cm³/mol. The first-order valence-electron chi connectivity index (χ1n) is 6.76. The Hall–Kier alpha value is -0.650. The monoisotopic (exact) mass is 258 g/mol. The summed E-state index contributed by atoms with van der Waals surface area (Å²) >= 11 is 0. The Labute approximate surface area is 110 Å². The molecular formula is C13H26N2O3. The molecule has 5 nitrogen and oxygen atoms in total. The van der Waals surface area contributed by atoms with Gasteiger partial charge >= 0.3 is 5.97 Å². The van der Waals surface area contributed by atoms with Crippen molar-refractivity contribution in [2.75, 3.05) is 33.4 Å². The van der Waals surface area contributed by atoms with Crippen molar-refractivity contribution in [3.05, 3.63) is 0 Å². The van der Waals surface area contributed by atoms with Crippen LogP contribution in [0, 0.1) is 0 Å². The van der Waals surface area contributed by atoms with E-state index in [0.29, 0.717) is 32.1 Å². The van der Waals surface area contributed by atoms with Crippen LogP contribution in [0.25, 0.3) is 0 Å². The lowest BCUT2D eigenvalue weighted by molar-refractivity contribution is -0.149. The van der Waals surface area contributed by atoms with Crippen LogP contribution in [0.5, 0.6) is 0 Å². The molecule has 0 aromatic heterocycles. The average Bonchev–Trinajstić information content (AvgIpc) is 2.75. The molecule has 0 aromatic carbocycles. The van der Waals surface area contributed by atoms with E-state index in [0.717, 1.165) is 19.5 Å². The fourth-order valence-electron chi connectivity index (χ4n) is 2.63. The van der Waals surface area contributed by atoms with Gasteiger partial charge in [0, 0.05) is 19.7 Å². The van der Waals surface area contributed by atoms with Crippen LogP contribution in [0.4, 0.5) is 0 Å². The van der Waals surface area contributed by atoms with Gasteiger partial charge in [-0.3, -0.25) is 9.69 Å². The van der Waals surface area contributed by atoms with Crippen LogP contribution in [-0.2, 0) is 14.3 Å². The van der Waals surface area contributed by atoms with E-state index in [4.69, 9.17) is 15.2 Å². The molecule has 2 N–H and O–H groups in total. The van der Waals surface area contributed by atoms with E-state index < -0.39 is 5.54 Å². The third kappa shape index (κ3) is 3.67. The molecule has 5 heteroatoms. The Kier molecular flexibility index (Phi) is 6.05. The molecule has 2 unspecified atom stereocenters. The van der Waals surface area contributed by atoms with Crippen LogP contribution in [0.1, 0.15) is 33.1 Å². The van der Waals surface area contributed by atoms with Gasteiger partial charge in [0.15, 0.2) is 0 Å². The van der Waals surface area contributed by atoms with E-state index >= 15 is 0 Å². The van der Waals surface area contributed by atoms with Crippen molar-refractivity contribution in [1.29, 1.82) is 0 Å². The molecule has 1 fully saturated rings. The van der Waals surface area contributed by atoms with Crippen molar-refractivity contribution < 1.29 is 14.3 Å². The molecular weight excluding hydrogens is 232 g/mol. The number of likely N-dealkylation sites (N-methyl/N-ethyl adjacent to an activating group) is 1. The summed E-state index contributed by atoms with van der Waals surface area (Å²) in [5, 5.41) is 0. The summed E-state index contributed by atoms with van der Waals surface area (Å²) < 4.78 is 10.2. The maximum atomic E-state index is 11.8. The summed E-state index contributed by atoms with van der Waals surface area (Å²) in [5.41, 5.74) is 5.38. The molecule has 0 aliphatic heterocycles. The van der Waals surface area contributed by atoms with Crippen LogP contribution >= 0.6 is 0 Å². The van der Waals surface area contributed by atoms with Crippen molar-refractivity contribution in [1.82, 2.24) is 4.90 Å². The minimum Gasteiger partial charge on any atom is -0.465 e. The van der Waals surface area contributed by atoms with E-state index in [9.17, 15) is 4.79 Å². The van der Waals surface area contributed by atoms with E-state index in [1.54, 1.807) is 7.11 Å². The topological polar surface area (TPSA) is 64.8 Å². The lowest BCUT2D eigenvalue weighted by Gasteiger charge is -2.28. The second-order valence-corrected chi connectivity index (χ2v) is 4.89. The van der Waals surface area contributed by atoms with Gasteiger partial charge in [-0.25, -0.2) is 0 Å². The maximum absolute atomic E-state index is 11.8. The largest absolute Gasteiger partial charge is 0.465 e. The number of hydrogen-bond acceptors (Lipinski definition) is 5. The summed E-state index contributed by atoms with van der Waals surface area (Å²) in [5.74, 6) is -0.254. The molecule has 0 heterocycles. The second kappa shape index (κ2) is 7.07. The standard InChI is InChI=1S/C13H26N2O3/c1-4-15(8-9-17-3)11-6-7-13(14,10-11)12(16)18-5-2/h11H,4-10,14H2,1-3H3. The lowest BCUT2D eigenvalue weighted by Crippen LogP contribution is -2.48. The van der Waals surface area contributed by atoms with E-state index in [2.05, 4.69) is 11.8 Å². The highest BCUT2D eigenvalue weighted by atomic mass is 16.5. The molecule has 0 aromatic rings. The summed E-state index contributed by atoms with van der Waals surface area (Å²) in [7, 11) is 1.70. The van der Waals surface area contributed by atoms with Crippen molar-refractivity contribution in [3.63, 3.8) is 0 Å². The quantitative estimate of drug-likeness (QED) is 0.683. The zero-order valence-corrected chi connectivity index (χ0v) is 11.8. The molecule has 106 valence electrons. The van der Waals surface area contributed by atoms with E-state index in [1.165, 1.54) is 0 Å². The summed E-state index contributed by atoms with van der Waals surface area (Å²) in [6.07, 6.45) is 2.34. The van der Waals surface area contributed by atoms with Crippen LogP contribution in [0.3, 0.4) is 0 Å². The number of hydrogen-bond donors (Lipinski definition) is 1. The molecule has 1 saturated carbocycles. The van der Waals surface area contributed by atoms with Crippen molar-refractivity contribution in [2.24, 2.45) is 5.73 Å². The smallest absolute Gasteiger partial charge is 0.326 e.